The van der Waals surface area contributed by atoms with Crippen molar-refractivity contribution in [3.05, 3.63) is 35.9 Å². The van der Waals surface area contributed by atoms with E-state index in [-0.39, 0.29) is 17.2 Å². The number of carbonyl (C=O) groups is 1. The third kappa shape index (κ3) is 4.26. The molecule has 0 bridgehead atoms. The monoisotopic (exact) mass is 277 g/mol. The van der Waals surface area contributed by atoms with Gasteiger partial charge in [-0.05, 0) is 11.0 Å². The molecule has 0 aliphatic rings. The van der Waals surface area contributed by atoms with Crippen molar-refractivity contribution in [2.75, 3.05) is 13.6 Å². The molecule has 0 saturated heterocycles. The van der Waals surface area contributed by atoms with Crippen LogP contribution in [0.1, 0.15) is 32.3 Å². The minimum absolute atomic E-state index is 0.0171. The smallest absolute Gasteiger partial charge is 0.237 e. The van der Waals surface area contributed by atoms with Gasteiger partial charge in [-0.3, -0.25) is 4.79 Å². The molecule has 110 valence electrons. The van der Waals surface area contributed by atoms with Gasteiger partial charge in [-0.1, -0.05) is 56.3 Å². The summed E-state index contributed by atoms with van der Waals surface area (Å²) in [6.07, 6.45) is 0. The molecule has 0 heterocycles. The lowest BCUT2D eigenvalue weighted by Crippen LogP contribution is -2.41. The highest BCUT2D eigenvalue weighted by Crippen LogP contribution is 2.21. The van der Waals surface area contributed by atoms with Crippen molar-refractivity contribution < 1.29 is 10.0 Å². The minimum atomic E-state index is -0.756. The summed E-state index contributed by atoms with van der Waals surface area (Å²) in [5, 5.41) is 11.9. The molecule has 3 N–H and O–H groups in total. The molecule has 1 aromatic rings. The Kier molecular flexibility index (Phi) is 5.13. The number of amidine groups is 1. The van der Waals surface area contributed by atoms with Crippen molar-refractivity contribution in [1.82, 2.24) is 4.90 Å². The molecule has 1 rings (SSSR count). The Morgan fingerprint density at radius 2 is 1.90 bits per heavy atom. The Balaban J connectivity index is 3.04. The van der Waals surface area contributed by atoms with E-state index in [0.717, 1.165) is 0 Å². The van der Waals surface area contributed by atoms with Crippen LogP contribution in [0.5, 0.6) is 0 Å². The summed E-state index contributed by atoms with van der Waals surface area (Å²) < 4.78 is 0. The molecule has 20 heavy (non-hydrogen) atoms. The first kappa shape index (κ1) is 16.0. The highest BCUT2D eigenvalue weighted by molar-refractivity contribution is 6.07. The Morgan fingerprint density at radius 1 is 1.35 bits per heavy atom. The van der Waals surface area contributed by atoms with E-state index in [2.05, 4.69) is 25.9 Å². The molecule has 1 amide bonds. The highest BCUT2D eigenvalue weighted by atomic mass is 16.4. The van der Waals surface area contributed by atoms with E-state index < -0.39 is 5.92 Å². The maximum absolute atomic E-state index is 12.6. The molecule has 0 aliphatic carbocycles. The molecule has 0 spiro atoms. The van der Waals surface area contributed by atoms with Crippen molar-refractivity contribution in [2.24, 2.45) is 16.3 Å². The van der Waals surface area contributed by atoms with E-state index in [1.165, 1.54) is 0 Å². The third-order valence-electron chi connectivity index (χ3n) is 2.88. The van der Waals surface area contributed by atoms with Gasteiger partial charge in [-0.25, -0.2) is 0 Å². The summed E-state index contributed by atoms with van der Waals surface area (Å²) in [6.45, 7) is 6.75. The molecule has 1 aromatic carbocycles. The number of carbonyl (C=O) groups excluding carboxylic acids is 1. The van der Waals surface area contributed by atoms with Crippen LogP contribution < -0.4 is 5.73 Å². The van der Waals surface area contributed by atoms with E-state index in [4.69, 9.17) is 10.9 Å². The van der Waals surface area contributed by atoms with Crippen LogP contribution in [0.2, 0.25) is 0 Å². The van der Waals surface area contributed by atoms with E-state index in [1.54, 1.807) is 24.1 Å². The summed E-state index contributed by atoms with van der Waals surface area (Å²) in [6, 6.07) is 9.10. The maximum atomic E-state index is 12.6. The van der Waals surface area contributed by atoms with Crippen LogP contribution in [0, 0.1) is 5.41 Å². The molecule has 5 nitrogen and oxygen atoms in total. The van der Waals surface area contributed by atoms with Gasteiger partial charge in [0.15, 0.2) is 5.84 Å². The molecular formula is C15H23N3O2. The molecular weight excluding hydrogens is 254 g/mol. The molecule has 1 atom stereocenters. The summed E-state index contributed by atoms with van der Waals surface area (Å²) in [5.74, 6) is -1.03. The van der Waals surface area contributed by atoms with Crippen LogP contribution in [0.25, 0.3) is 0 Å². The molecule has 0 saturated carbocycles. The number of hydrogen-bond acceptors (Lipinski definition) is 3. The Hall–Kier alpha value is -2.04. The number of likely N-dealkylation sites (N-methyl/N-ethyl adjacent to an activating group) is 1. The zero-order valence-corrected chi connectivity index (χ0v) is 12.5. The Labute approximate surface area is 120 Å². The first-order chi connectivity index (χ1) is 9.26. The third-order valence-corrected chi connectivity index (χ3v) is 2.88. The zero-order valence-electron chi connectivity index (χ0n) is 12.5. The fourth-order valence-electron chi connectivity index (χ4n) is 2.15. The van der Waals surface area contributed by atoms with Gasteiger partial charge >= 0.3 is 0 Å². The molecule has 0 fully saturated rings. The number of nitrogens with two attached hydrogens (primary N) is 1. The van der Waals surface area contributed by atoms with Gasteiger partial charge in [0.05, 0.1) is 0 Å². The SMILES string of the molecule is CN(CC(C)(C)C)C(=O)C(C(N)=NO)c1ccccc1. The number of oxime groups is 1. The predicted octanol–water partition coefficient (Wildman–Crippen LogP) is 2.02. The lowest BCUT2D eigenvalue weighted by Gasteiger charge is -2.29. The number of amides is 1. The predicted molar refractivity (Wildman–Crippen MR) is 79.7 cm³/mol. The second kappa shape index (κ2) is 6.41. The number of rotatable bonds is 4. The lowest BCUT2D eigenvalue weighted by molar-refractivity contribution is -0.131. The van der Waals surface area contributed by atoms with Crippen molar-refractivity contribution in [1.29, 1.82) is 0 Å². The topological polar surface area (TPSA) is 78.9 Å². The van der Waals surface area contributed by atoms with Crippen molar-refractivity contribution in [3.8, 4) is 0 Å². The van der Waals surface area contributed by atoms with Gasteiger partial charge in [0.1, 0.15) is 5.92 Å². The quantitative estimate of drug-likeness (QED) is 0.382. The number of benzene rings is 1. The van der Waals surface area contributed by atoms with Gasteiger partial charge in [-0.2, -0.15) is 0 Å². The number of nitrogens with zero attached hydrogens (tertiary/aromatic N) is 2. The van der Waals surface area contributed by atoms with Crippen LogP contribution in [0.3, 0.4) is 0 Å². The average molecular weight is 277 g/mol. The molecule has 1 unspecified atom stereocenters. The summed E-state index contributed by atoms with van der Waals surface area (Å²) in [4.78, 5) is 14.2. The van der Waals surface area contributed by atoms with Crippen LogP contribution in [-0.2, 0) is 4.79 Å². The summed E-state index contributed by atoms with van der Waals surface area (Å²) >= 11 is 0. The normalized spacial score (nSPS) is 13.9. The standard InChI is InChI=1S/C15H23N3O2/c1-15(2,3)10-18(4)14(19)12(13(16)17-20)11-8-6-5-7-9-11/h5-9,12,20H,10H2,1-4H3,(H2,16,17). The Bertz CT molecular complexity index is 478. The average Bonchev–Trinajstić information content (AvgIpc) is 2.37. The van der Waals surface area contributed by atoms with Crippen LogP contribution in [0.15, 0.2) is 35.5 Å². The van der Waals surface area contributed by atoms with Gasteiger partial charge in [0, 0.05) is 13.6 Å². The first-order valence-corrected chi connectivity index (χ1v) is 6.53. The second-order valence-corrected chi connectivity index (χ2v) is 6.12. The van der Waals surface area contributed by atoms with Gasteiger partial charge in [0.2, 0.25) is 5.91 Å². The van der Waals surface area contributed by atoms with Gasteiger partial charge < -0.3 is 15.8 Å². The number of hydrogen-bond donors (Lipinski definition) is 2. The summed E-state index contributed by atoms with van der Waals surface area (Å²) in [7, 11) is 1.73. The largest absolute Gasteiger partial charge is 0.409 e. The highest BCUT2D eigenvalue weighted by Gasteiger charge is 2.29. The van der Waals surface area contributed by atoms with Crippen molar-refractivity contribution in [2.45, 2.75) is 26.7 Å². The maximum Gasteiger partial charge on any atom is 0.237 e. The van der Waals surface area contributed by atoms with Crippen LogP contribution >= 0.6 is 0 Å². The summed E-state index contributed by atoms with van der Waals surface area (Å²) in [5.41, 5.74) is 6.40. The van der Waals surface area contributed by atoms with Gasteiger partial charge in [0.25, 0.3) is 0 Å². The van der Waals surface area contributed by atoms with E-state index in [1.807, 2.05) is 18.2 Å². The van der Waals surface area contributed by atoms with Crippen molar-refractivity contribution >= 4 is 11.7 Å². The van der Waals surface area contributed by atoms with Gasteiger partial charge in [-0.15, -0.1) is 0 Å². The fraction of sp³-hybridized carbons (Fsp3) is 0.467. The van der Waals surface area contributed by atoms with E-state index >= 15 is 0 Å². The van der Waals surface area contributed by atoms with E-state index in [9.17, 15) is 4.79 Å². The zero-order chi connectivity index (χ0) is 15.3. The van der Waals surface area contributed by atoms with Crippen LogP contribution in [-0.4, -0.2) is 35.4 Å². The minimum Gasteiger partial charge on any atom is -0.409 e. The fourth-order valence-corrected chi connectivity index (χ4v) is 2.15. The Morgan fingerprint density at radius 3 is 2.35 bits per heavy atom. The first-order valence-electron chi connectivity index (χ1n) is 6.53. The van der Waals surface area contributed by atoms with E-state index in [0.29, 0.717) is 12.1 Å². The molecule has 0 radical (unpaired) electrons. The van der Waals surface area contributed by atoms with Crippen molar-refractivity contribution in [3.63, 3.8) is 0 Å². The molecule has 0 aliphatic heterocycles. The molecule has 0 aromatic heterocycles. The van der Waals surface area contributed by atoms with Crippen LogP contribution in [0.4, 0.5) is 0 Å². The lowest BCUT2D eigenvalue weighted by atomic mass is 9.93. The molecule has 5 heteroatoms. The second-order valence-electron chi connectivity index (χ2n) is 6.12.